The molecule has 1 aromatic carbocycles. The van der Waals surface area contributed by atoms with Gasteiger partial charge in [0.15, 0.2) is 0 Å². The van der Waals surface area contributed by atoms with Crippen molar-refractivity contribution < 1.29 is 19.6 Å². The van der Waals surface area contributed by atoms with Crippen LogP contribution in [0.2, 0.25) is 0 Å². The summed E-state index contributed by atoms with van der Waals surface area (Å²) in [6, 6.07) is 4.41. The number of aromatic hydroxyl groups is 1. The van der Waals surface area contributed by atoms with Gasteiger partial charge in [0.1, 0.15) is 5.52 Å². The molecule has 24 heavy (non-hydrogen) atoms. The Morgan fingerprint density at radius 2 is 2.08 bits per heavy atom. The Balaban J connectivity index is 1.92. The van der Waals surface area contributed by atoms with Crippen LogP contribution in [0.25, 0.3) is 17.0 Å². The van der Waals surface area contributed by atoms with Gasteiger partial charge in [0.25, 0.3) is 0 Å². The normalized spacial score (nSPS) is 15.1. The molecule has 3 rings (SSSR count). The van der Waals surface area contributed by atoms with E-state index in [1.54, 1.807) is 17.0 Å². The number of amides is 1. The van der Waals surface area contributed by atoms with Gasteiger partial charge < -0.3 is 14.7 Å². The number of pyridine rings is 1. The van der Waals surface area contributed by atoms with E-state index in [9.17, 15) is 20.0 Å². The summed E-state index contributed by atoms with van der Waals surface area (Å²) in [6.45, 7) is 2.14. The van der Waals surface area contributed by atoms with Gasteiger partial charge in [0.2, 0.25) is 11.7 Å². The number of morpholine rings is 1. The average Bonchev–Trinajstić information content (AvgIpc) is 2.60. The Morgan fingerprint density at radius 1 is 1.33 bits per heavy atom. The van der Waals surface area contributed by atoms with Gasteiger partial charge in [-0.25, -0.2) is 0 Å². The number of carbonyl (C=O) groups is 1. The van der Waals surface area contributed by atoms with Crippen LogP contribution in [0.4, 0.5) is 5.69 Å². The molecule has 1 aliphatic heterocycles. The molecule has 1 saturated heterocycles. The van der Waals surface area contributed by atoms with Gasteiger partial charge in [-0.2, -0.15) is 0 Å². The van der Waals surface area contributed by atoms with Gasteiger partial charge in [-0.3, -0.25) is 19.9 Å². The summed E-state index contributed by atoms with van der Waals surface area (Å²) in [4.78, 5) is 28.1. The number of nitrogens with zero attached hydrogens (tertiary/aromatic N) is 3. The lowest BCUT2D eigenvalue weighted by molar-refractivity contribution is -0.385. The zero-order valence-electron chi connectivity index (χ0n) is 12.7. The minimum absolute atomic E-state index is 0.130. The minimum Gasteiger partial charge on any atom is -0.501 e. The van der Waals surface area contributed by atoms with Crippen LogP contribution < -0.4 is 0 Å². The van der Waals surface area contributed by atoms with Crippen LogP contribution in [0, 0.1) is 10.1 Å². The summed E-state index contributed by atoms with van der Waals surface area (Å²) >= 11 is 0. The van der Waals surface area contributed by atoms with Crippen molar-refractivity contribution in [1.29, 1.82) is 0 Å². The highest BCUT2D eigenvalue weighted by molar-refractivity contribution is 5.98. The lowest BCUT2D eigenvalue weighted by atomic mass is 10.1. The monoisotopic (exact) mass is 329 g/mol. The van der Waals surface area contributed by atoms with Crippen molar-refractivity contribution in [3.8, 4) is 5.75 Å². The summed E-state index contributed by atoms with van der Waals surface area (Å²) in [7, 11) is 0. The maximum absolute atomic E-state index is 12.1. The van der Waals surface area contributed by atoms with E-state index in [-0.39, 0.29) is 11.4 Å². The van der Waals surface area contributed by atoms with E-state index in [0.29, 0.717) is 37.3 Å². The number of carbonyl (C=O) groups excluding carboxylic acids is 1. The number of fused-ring (bicyclic) bond motifs is 1. The molecule has 1 fully saturated rings. The standard InChI is InChI=1S/C16H15N3O5/c20-14(18-7-9-24-10-8-18)4-1-11-5-6-17-15-12(11)2-3-13(16(15)21)19(22)23/h1-6,21H,7-10H2/b4-1+. The minimum atomic E-state index is -0.666. The molecule has 0 spiro atoms. The molecular weight excluding hydrogens is 314 g/mol. The molecule has 1 aromatic heterocycles. The molecule has 0 atom stereocenters. The van der Waals surface area contributed by atoms with Crippen molar-refractivity contribution in [1.82, 2.24) is 9.88 Å². The Bertz CT molecular complexity index is 828. The van der Waals surface area contributed by atoms with Gasteiger partial charge in [0, 0.05) is 36.8 Å². The third-order valence-electron chi connectivity index (χ3n) is 3.82. The maximum Gasteiger partial charge on any atom is 0.313 e. The second kappa shape index (κ2) is 6.63. The van der Waals surface area contributed by atoms with Crippen molar-refractivity contribution >= 4 is 28.6 Å². The Hall–Kier alpha value is -3.00. The van der Waals surface area contributed by atoms with Gasteiger partial charge in [0.05, 0.1) is 18.1 Å². The van der Waals surface area contributed by atoms with E-state index < -0.39 is 16.4 Å². The highest BCUT2D eigenvalue weighted by atomic mass is 16.6. The van der Waals surface area contributed by atoms with Gasteiger partial charge in [-0.05, 0) is 23.8 Å². The number of ether oxygens (including phenoxy) is 1. The van der Waals surface area contributed by atoms with Crippen molar-refractivity contribution in [2.75, 3.05) is 26.3 Å². The number of phenolic OH excluding ortho intramolecular Hbond substituents is 1. The van der Waals surface area contributed by atoms with Gasteiger partial charge in [-0.1, -0.05) is 0 Å². The van der Waals surface area contributed by atoms with Crippen LogP contribution in [0.15, 0.2) is 30.5 Å². The molecule has 0 bridgehead atoms. The zero-order chi connectivity index (χ0) is 17.1. The van der Waals surface area contributed by atoms with Crippen LogP contribution >= 0.6 is 0 Å². The first kappa shape index (κ1) is 15.9. The number of nitro benzene ring substituents is 1. The Kier molecular flexibility index (Phi) is 4.39. The molecule has 2 heterocycles. The Morgan fingerprint density at radius 3 is 2.79 bits per heavy atom. The van der Waals surface area contributed by atoms with Crippen molar-refractivity contribution in [3.05, 3.63) is 46.1 Å². The summed E-state index contributed by atoms with van der Waals surface area (Å²) in [5, 5.41) is 21.4. The van der Waals surface area contributed by atoms with E-state index in [4.69, 9.17) is 4.74 Å². The second-order valence-corrected chi connectivity index (χ2v) is 5.26. The fourth-order valence-corrected chi connectivity index (χ4v) is 2.56. The molecule has 1 N–H and O–H groups in total. The van der Waals surface area contributed by atoms with Crippen molar-refractivity contribution in [2.24, 2.45) is 0 Å². The largest absolute Gasteiger partial charge is 0.501 e. The zero-order valence-corrected chi connectivity index (χ0v) is 12.7. The number of nitro groups is 1. The SMILES string of the molecule is O=C(/C=C/c1ccnc2c(O)c([N+](=O)[O-])ccc12)N1CCOCC1. The summed E-state index contributed by atoms with van der Waals surface area (Å²) in [5.74, 6) is -0.610. The van der Waals surface area contributed by atoms with Crippen LogP contribution in [-0.2, 0) is 9.53 Å². The summed E-state index contributed by atoms with van der Waals surface area (Å²) in [5.41, 5.74) is 0.373. The molecule has 1 amide bonds. The predicted octanol–water partition coefficient (Wildman–Crippen LogP) is 1.72. The van der Waals surface area contributed by atoms with Crippen LogP contribution in [0.1, 0.15) is 5.56 Å². The van der Waals surface area contributed by atoms with E-state index >= 15 is 0 Å². The van der Waals surface area contributed by atoms with Crippen LogP contribution in [0.5, 0.6) is 5.75 Å². The first-order valence-corrected chi connectivity index (χ1v) is 7.38. The Labute approximate surface area is 137 Å². The first-order chi connectivity index (χ1) is 11.6. The van der Waals surface area contributed by atoms with Crippen molar-refractivity contribution in [2.45, 2.75) is 0 Å². The average molecular weight is 329 g/mol. The number of benzene rings is 1. The molecule has 124 valence electrons. The van der Waals surface area contributed by atoms with Crippen LogP contribution in [0.3, 0.4) is 0 Å². The third-order valence-corrected chi connectivity index (χ3v) is 3.82. The van der Waals surface area contributed by atoms with E-state index in [0.717, 1.165) is 0 Å². The quantitative estimate of drug-likeness (QED) is 0.522. The molecule has 8 heteroatoms. The van der Waals surface area contributed by atoms with Gasteiger partial charge >= 0.3 is 5.69 Å². The molecule has 1 aliphatic rings. The summed E-state index contributed by atoms with van der Waals surface area (Å²) < 4.78 is 5.20. The fourth-order valence-electron chi connectivity index (χ4n) is 2.56. The molecule has 2 aromatic rings. The third kappa shape index (κ3) is 3.04. The number of phenols is 1. The predicted molar refractivity (Wildman–Crippen MR) is 86.5 cm³/mol. The second-order valence-electron chi connectivity index (χ2n) is 5.26. The van der Waals surface area contributed by atoms with Crippen molar-refractivity contribution in [3.63, 3.8) is 0 Å². The number of hydrogen-bond acceptors (Lipinski definition) is 6. The lowest BCUT2D eigenvalue weighted by Gasteiger charge is -2.25. The fraction of sp³-hybridized carbons (Fsp3) is 0.250. The molecule has 8 nitrogen and oxygen atoms in total. The van der Waals surface area contributed by atoms with E-state index in [1.807, 2.05) is 0 Å². The molecule has 0 saturated carbocycles. The number of hydrogen-bond donors (Lipinski definition) is 1. The number of aromatic nitrogens is 1. The maximum atomic E-state index is 12.1. The lowest BCUT2D eigenvalue weighted by Crippen LogP contribution is -2.39. The highest BCUT2D eigenvalue weighted by Crippen LogP contribution is 2.34. The topological polar surface area (TPSA) is 106 Å². The van der Waals surface area contributed by atoms with E-state index in [1.165, 1.54) is 24.4 Å². The molecule has 0 radical (unpaired) electrons. The van der Waals surface area contributed by atoms with Crippen LogP contribution in [-0.4, -0.2) is 52.1 Å². The molecule has 0 aliphatic carbocycles. The molecule has 0 unspecified atom stereocenters. The summed E-state index contributed by atoms with van der Waals surface area (Å²) in [6.07, 6.45) is 4.50. The highest BCUT2D eigenvalue weighted by Gasteiger charge is 2.18. The van der Waals surface area contributed by atoms with E-state index in [2.05, 4.69) is 4.98 Å². The molecular formula is C16H15N3O5. The number of rotatable bonds is 3. The van der Waals surface area contributed by atoms with Gasteiger partial charge in [-0.15, -0.1) is 0 Å². The first-order valence-electron chi connectivity index (χ1n) is 7.38. The smallest absolute Gasteiger partial charge is 0.313 e.